The van der Waals surface area contributed by atoms with Crippen LogP contribution in [0.25, 0.3) is 0 Å². The number of amides is 2. The van der Waals surface area contributed by atoms with Gasteiger partial charge in [0.1, 0.15) is 5.01 Å². The summed E-state index contributed by atoms with van der Waals surface area (Å²) in [6, 6.07) is 7.21. The molecule has 0 atom stereocenters. The number of carbonyl (C=O) groups is 2. The van der Waals surface area contributed by atoms with Crippen LogP contribution in [0, 0.1) is 13.8 Å². The van der Waals surface area contributed by atoms with Gasteiger partial charge in [0.2, 0.25) is 5.91 Å². The number of aromatic nitrogens is 1. The highest BCUT2D eigenvalue weighted by atomic mass is 32.1. The van der Waals surface area contributed by atoms with E-state index in [2.05, 4.69) is 10.3 Å². The lowest BCUT2D eigenvalue weighted by molar-refractivity contribution is -0.117. The highest BCUT2D eigenvalue weighted by molar-refractivity contribution is 7.11. The van der Waals surface area contributed by atoms with Gasteiger partial charge in [-0.2, -0.15) is 0 Å². The summed E-state index contributed by atoms with van der Waals surface area (Å²) in [5.41, 5.74) is 1.89. The Morgan fingerprint density at radius 3 is 2.44 bits per heavy atom. The summed E-state index contributed by atoms with van der Waals surface area (Å²) in [6.45, 7) is 8.68. The van der Waals surface area contributed by atoms with Crippen molar-refractivity contribution in [2.24, 2.45) is 0 Å². The van der Waals surface area contributed by atoms with Gasteiger partial charge >= 0.3 is 0 Å². The van der Waals surface area contributed by atoms with Crippen LogP contribution < -0.4 is 10.2 Å². The maximum Gasteiger partial charge on any atom is 0.252 e. The molecule has 0 bridgehead atoms. The van der Waals surface area contributed by atoms with Crippen LogP contribution in [0.3, 0.4) is 0 Å². The second-order valence-corrected chi connectivity index (χ2v) is 8.14. The zero-order valence-corrected chi connectivity index (χ0v) is 15.9. The van der Waals surface area contributed by atoms with Crippen LogP contribution in [0.1, 0.15) is 52.6 Å². The van der Waals surface area contributed by atoms with Crippen LogP contribution >= 0.6 is 11.3 Å². The van der Waals surface area contributed by atoms with Crippen molar-refractivity contribution in [2.75, 3.05) is 11.4 Å². The molecule has 25 heavy (non-hydrogen) atoms. The van der Waals surface area contributed by atoms with Gasteiger partial charge < -0.3 is 10.2 Å². The molecule has 1 aliphatic rings. The van der Waals surface area contributed by atoms with E-state index in [9.17, 15) is 9.59 Å². The fourth-order valence-electron chi connectivity index (χ4n) is 2.86. The predicted octanol–water partition coefficient (Wildman–Crippen LogP) is 3.55. The molecule has 3 rings (SSSR count). The number of anilines is 1. The monoisotopic (exact) mass is 357 g/mol. The Kier molecular flexibility index (Phi) is 4.64. The van der Waals surface area contributed by atoms with Crippen LogP contribution in [0.5, 0.6) is 0 Å². The number of nitrogens with one attached hydrogen (secondary N) is 1. The number of carbonyl (C=O) groups excluding carboxylic acids is 2. The fraction of sp³-hybridized carbons (Fsp3) is 0.421. The van der Waals surface area contributed by atoms with Gasteiger partial charge in [-0.3, -0.25) is 9.59 Å². The van der Waals surface area contributed by atoms with Crippen molar-refractivity contribution >= 4 is 28.8 Å². The predicted molar refractivity (Wildman–Crippen MR) is 100 cm³/mol. The normalized spacial score (nSPS) is 14.9. The summed E-state index contributed by atoms with van der Waals surface area (Å²) in [4.78, 5) is 31.9. The third kappa shape index (κ3) is 3.58. The number of benzene rings is 1. The van der Waals surface area contributed by atoms with E-state index in [-0.39, 0.29) is 11.8 Å². The molecule has 2 amide bonds. The van der Waals surface area contributed by atoms with Crippen molar-refractivity contribution in [2.45, 2.75) is 46.1 Å². The first kappa shape index (κ1) is 17.6. The van der Waals surface area contributed by atoms with Crippen molar-refractivity contribution in [3.8, 4) is 0 Å². The molecule has 0 saturated carbocycles. The summed E-state index contributed by atoms with van der Waals surface area (Å²) in [7, 11) is 0. The van der Waals surface area contributed by atoms with E-state index in [1.54, 1.807) is 28.4 Å². The zero-order chi connectivity index (χ0) is 18.2. The third-order valence-corrected chi connectivity index (χ3v) is 5.90. The first-order valence-electron chi connectivity index (χ1n) is 8.45. The van der Waals surface area contributed by atoms with Crippen LogP contribution in [0.4, 0.5) is 5.69 Å². The van der Waals surface area contributed by atoms with Gasteiger partial charge in [0, 0.05) is 29.1 Å². The maximum atomic E-state index is 12.6. The Morgan fingerprint density at radius 2 is 1.92 bits per heavy atom. The summed E-state index contributed by atoms with van der Waals surface area (Å²) < 4.78 is 0. The Balaban J connectivity index is 1.73. The first-order valence-corrected chi connectivity index (χ1v) is 9.27. The molecule has 1 aliphatic heterocycles. The van der Waals surface area contributed by atoms with Crippen molar-refractivity contribution < 1.29 is 9.59 Å². The lowest BCUT2D eigenvalue weighted by atomic mass is 10.1. The average Bonchev–Trinajstić information content (AvgIpc) is 3.14. The van der Waals surface area contributed by atoms with Gasteiger partial charge in [0.15, 0.2) is 0 Å². The summed E-state index contributed by atoms with van der Waals surface area (Å²) in [5.74, 6) is 0.00245. The van der Waals surface area contributed by atoms with Crippen molar-refractivity contribution in [1.82, 2.24) is 10.3 Å². The van der Waals surface area contributed by atoms with Gasteiger partial charge in [-0.1, -0.05) is 0 Å². The van der Waals surface area contributed by atoms with Gasteiger partial charge in [-0.15, -0.1) is 11.3 Å². The molecule has 0 unspecified atom stereocenters. The molecule has 1 N–H and O–H groups in total. The topological polar surface area (TPSA) is 62.3 Å². The molecule has 0 radical (unpaired) electrons. The maximum absolute atomic E-state index is 12.6. The van der Waals surface area contributed by atoms with Crippen molar-refractivity contribution in [1.29, 1.82) is 0 Å². The molecule has 132 valence electrons. The minimum absolute atomic E-state index is 0.144. The summed E-state index contributed by atoms with van der Waals surface area (Å²) in [6.07, 6.45) is 1.49. The van der Waals surface area contributed by atoms with Crippen LogP contribution in [-0.4, -0.2) is 23.3 Å². The summed E-state index contributed by atoms with van der Waals surface area (Å²) in [5, 5.41) is 3.95. The highest BCUT2D eigenvalue weighted by Crippen LogP contribution is 2.28. The second-order valence-electron chi connectivity index (χ2n) is 6.94. The first-order chi connectivity index (χ1) is 11.8. The summed E-state index contributed by atoms with van der Waals surface area (Å²) >= 11 is 1.61. The fourth-order valence-corrected chi connectivity index (χ4v) is 3.84. The second kappa shape index (κ2) is 6.59. The molecule has 6 heteroatoms. The Hall–Kier alpha value is -2.21. The standard InChI is InChI=1S/C19H23N3O2S/c1-12-13(2)25-18(20-12)19(3,4)21-17(24)14-7-9-15(10-8-14)22-11-5-6-16(22)23/h7-10H,5-6,11H2,1-4H3,(H,21,24). The molecular formula is C19H23N3O2S. The molecule has 0 aliphatic carbocycles. The number of nitrogens with zero attached hydrogens (tertiary/aromatic N) is 2. The molecule has 0 spiro atoms. The lowest BCUT2D eigenvalue weighted by Gasteiger charge is -2.24. The van der Waals surface area contributed by atoms with E-state index < -0.39 is 5.54 Å². The van der Waals surface area contributed by atoms with Crippen LogP contribution in [0.15, 0.2) is 24.3 Å². The highest BCUT2D eigenvalue weighted by Gasteiger charge is 2.28. The number of hydrogen-bond acceptors (Lipinski definition) is 4. The van der Waals surface area contributed by atoms with Gasteiger partial charge in [0.05, 0.1) is 11.2 Å². The van der Waals surface area contributed by atoms with Gasteiger partial charge in [-0.25, -0.2) is 4.98 Å². The quantitative estimate of drug-likeness (QED) is 0.910. The molecular weight excluding hydrogens is 334 g/mol. The van der Waals surface area contributed by atoms with E-state index in [0.717, 1.165) is 34.2 Å². The van der Waals surface area contributed by atoms with Gasteiger partial charge in [-0.05, 0) is 58.4 Å². The van der Waals surface area contributed by atoms with Crippen LogP contribution in [-0.2, 0) is 10.3 Å². The molecule has 2 heterocycles. The molecule has 1 aromatic carbocycles. The molecule has 1 fully saturated rings. The minimum atomic E-state index is -0.537. The molecule has 1 aromatic heterocycles. The number of aryl methyl sites for hydroxylation is 2. The minimum Gasteiger partial charge on any atom is -0.341 e. The largest absolute Gasteiger partial charge is 0.341 e. The Bertz CT molecular complexity index is 789. The van der Waals surface area contributed by atoms with E-state index in [1.165, 1.54) is 0 Å². The average molecular weight is 357 g/mol. The number of hydrogen-bond donors (Lipinski definition) is 1. The van der Waals surface area contributed by atoms with E-state index in [1.807, 2.05) is 39.8 Å². The smallest absolute Gasteiger partial charge is 0.252 e. The van der Waals surface area contributed by atoms with E-state index >= 15 is 0 Å². The molecule has 2 aromatic rings. The van der Waals surface area contributed by atoms with Crippen molar-refractivity contribution in [3.63, 3.8) is 0 Å². The Morgan fingerprint density at radius 1 is 1.24 bits per heavy atom. The molecule has 1 saturated heterocycles. The number of thiazole rings is 1. The van der Waals surface area contributed by atoms with E-state index in [4.69, 9.17) is 0 Å². The SMILES string of the molecule is Cc1nc(C(C)(C)NC(=O)c2ccc(N3CCCC3=O)cc2)sc1C. The molecule has 5 nitrogen and oxygen atoms in total. The lowest BCUT2D eigenvalue weighted by Crippen LogP contribution is -2.41. The number of rotatable bonds is 4. The third-order valence-electron chi connectivity index (χ3n) is 4.50. The van der Waals surface area contributed by atoms with Gasteiger partial charge in [0.25, 0.3) is 5.91 Å². The van der Waals surface area contributed by atoms with Crippen LogP contribution in [0.2, 0.25) is 0 Å². The zero-order valence-electron chi connectivity index (χ0n) is 15.0. The van der Waals surface area contributed by atoms with Crippen molar-refractivity contribution in [3.05, 3.63) is 45.4 Å². The Labute approximate surface area is 152 Å². The van der Waals surface area contributed by atoms with E-state index in [0.29, 0.717) is 12.0 Å².